The number of amides is 1. The molecule has 1 aliphatic heterocycles. The summed E-state index contributed by atoms with van der Waals surface area (Å²) in [5.74, 6) is 0.108. The summed E-state index contributed by atoms with van der Waals surface area (Å²) in [6.07, 6.45) is 8.83. The molecule has 5 rings (SSSR count). The van der Waals surface area contributed by atoms with Gasteiger partial charge in [-0.15, -0.1) is 0 Å². The number of carbonyl (C=O) groups is 1. The van der Waals surface area contributed by atoms with Crippen LogP contribution in [-0.2, 0) is 0 Å². The third-order valence-electron chi connectivity index (χ3n) is 5.75. The van der Waals surface area contributed by atoms with E-state index in [4.69, 9.17) is 11.6 Å². The van der Waals surface area contributed by atoms with Crippen molar-refractivity contribution < 1.29 is 4.79 Å². The van der Waals surface area contributed by atoms with E-state index in [2.05, 4.69) is 19.9 Å². The van der Waals surface area contributed by atoms with Gasteiger partial charge in [-0.05, 0) is 42.7 Å². The topological polar surface area (TPSA) is 71.9 Å². The van der Waals surface area contributed by atoms with Gasteiger partial charge in [0.25, 0.3) is 5.91 Å². The molecule has 1 aliphatic rings. The second kappa shape index (κ2) is 8.40. The third-order valence-corrected chi connectivity index (χ3v) is 5.94. The number of likely N-dealkylation sites (tertiary alicyclic amines) is 1. The van der Waals surface area contributed by atoms with Gasteiger partial charge in [0.1, 0.15) is 11.5 Å². The van der Waals surface area contributed by atoms with E-state index in [-0.39, 0.29) is 11.8 Å². The van der Waals surface area contributed by atoms with Crippen LogP contribution >= 0.6 is 11.6 Å². The van der Waals surface area contributed by atoms with Crippen LogP contribution in [0.25, 0.3) is 22.0 Å². The molecule has 1 atom stereocenters. The van der Waals surface area contributed by atoms with Crippen LogP contribution in [0.1, 0.15) is 34.8 Å². The fourth-order valence-corrected chi connectivity index (χ4v) is 4.49. The molecule has 0 aliphatic carbocycles. The number of fused-ring (bicyclic) bond motifs is 1. The van der Waals surface area contributed by atoms with Gasteiger partial charge >= 0.3 is 0 Å². The van der Waals surface area contributed by atoms with Gasteiger partial charge in [0.05, 0.1) is 16.8 Å². The maximum atomic E-state index is 13.5. The minimum absolute atomic E-state index is 0.0234. The van der Waals surface area contributed by atoms with E-state index in [1.807, 2.05) is 47.5 Å². The van der Waals surface area contributed by atoms with Gasteiger partial charge in [-0.2, -0.15) is 0 Å². The third kappa shape index (κ3) is 3.86. The molecule has 0 saturated carbocycles. The molecule has 1 fully saturated rings. The van der Waals surface area contributed by atoms with Gasteiger partial charge in [0.2, 0.25) is 0 Å². The Bertz CT molecular complexity index is 1250. The molecule has 4 heterocycles. The first-order valence-corrected chi connectivity index (χ1v) is 10.6. The number of rotatable bonds is 3. The summed E-state index contributed by atoms with van der Waals surface area (Å²) in [7, 11) is 0. The fourth-order valence-electron chi connectivity index (χ4n) is 4.29. The molecular formula is C24H20ClN5O. The van der Waals surface area contributed by atoms with Gasteiger partial charge in [-0.1, -0.05) is 29.8 Å². The summed E-state index contributed by atoms with van der Waals surface area (Å²) in [5, 5.41) is 1.14. The van der Waals surface area contributed by atoms with Crippen molar-refractivity contribution in [3.63, 3.8) is 0 Å². The molecule has 31 heavy (non-hydrogen) atoms. The summed E-state index contributed by atoms with van der Waals surface area (Å²) < 4.78 is 0. The van der Waals surface area contributed by atoms with Gasteiger partial charge in [0.15, 0.2) is 0 Å². The molecule has 1 aromatic carbocycles. The van der Waals surface area contributed by atoms with Crippen LogP contribution in [0.4, 0.5) is 0 Å². The molecule has 4 aromatic rings. The Labute approximate surface area is 185 Å². The molecule has 6 nitrogen and oxygen atoms in total. The van der Waals surface area contributed by atoms with Crippen LogP contribution in [0.3, 0.4) is 0 Å². The summed E-state index contributed by atoms with van der Waals surface area (Å²) in [4.78, 5) is 32.7. The molecule has 1 saturated heterocycles. The largest absolute Gasteiger partial charge is 0.338 e. The molecule has 0 radical (unpaired) electrons. The molecule has 1 amide bonds. The van der Waals surface area contributed by atoms with Gasteiger partial charge < -0.3 is 4.90 Å². The number of para-hydroxylation sites is 1. The molecular weight excluding hydrogens is 410 g/mol. The molecule has 1 unspecified atom stereocenters. The second-order valence-electron chi connectivity index (χ2n) is 7.66. The van der Waals surface area contributed by atoms with Crippen molar-refractivity contribution in [1.29, 1.82) is 0 Å². The van der Waals surface area contributed by atoms with Crippen molar-refractivity contribution in [3.8, 4) is 11.1 Å². The predicted octanol–water partition coefficient (Wildman–Crippen LogP) is 4.76. The van der Waals surface area contributed by atoms with E-state index >= 15 is 0 Å². The Balaban J connectivity index is 1.47. The predicted molar refractivity (Wildman–Crippen MR) is 120 cm³/mol. The normalized spacial score (nSPS) is 16.4. The number of nitrogens with zero attached hydrogens (tertiary/aromatic N) is 5. The van der Waals surface area contributed by atoms with Crippen LogP contribution in [0.5, 0.6) is 0 Å². The number of benzene rings is 1. The lowest BCUT2D eigenvalue weighted by molar-refractivity contribution is 0.0708. The summed E-state index contributed by atoms with van der Waals surface area (Å²) in [6, 6.07) is 13.2. The highest BCUT2D eigenvalue weighted by Crippen LogP contribution is 2.33. The van der Waals surface area contributed by atoms with Crippen LogP contribution in [0.15, 0.2) is 67.4 Å². The zero-order valence-electron chi connectivity index (χ0n) is 16.8. The first-order valence-electron chi connectivity index (χ1n) is 10.3. The summed E-state index contributed by atoms with van der Waals surface area (Å²) in [6.45, 7) is 1.31. The number of hydrogen-bond acceptors (Lipinski definition) is 5. The van der Waals surface area contributed by atoms with Crippen LogP contribution in [-0.4, -0.2) is 43.8 Å². The smallest absolute Gasteiger partial charge is 0.254 e. The van der Waals surface area contributed by atoms with Crippen molar-refractivity contribution >= 4 is 28.4 Å². The minimum Gasteiger partial charge on any atom is -0.338 e. The van der Waals surface area contributed by atoms with Crippen molar-refractivity contribution in [1.82, 2.24) is 24.8 Å². The number of hydrogen-bond donors (Lipinski definition) is 0. The van der Waals surface area contributed by atoms with E-state index in [1.165, 1.54) is 0 Å². The molecule has 0 N–H and O–H groups in total. The lowest BCUT2D eigenvalue weighted by Gasteiger charge is -2.33. The average Bonchev–Trinajstić information content (AvgIpc) is 2.83. The lowest BCUT2D eigenvalue weighted by Crippen LogP contribution is -2.39. The maximum Gasteiger partial charge on any atom is 0.254 e. The molecule has 0 spiro atoms. The number of halogens is 1. The standard InChI is InChI=1S/C24H20ClN5O/c25-22-12-19(18-5-1-2-6-21(18)29-22)24(31)30-11-3-4-17(14-30)23-20(13-27-15-28-23)16-7-9-26-10-8-16/h1-2,5-10,12-13,15,17H,3-4,11,14H2. The lowest BCUT2D eigenvalue weighted by atomic mass is 9.90. The highest BCUT2D eigenvalue weighted by Gasteiger charge is 2.29. The first kappa shape index (κ1) is 19.6. The first-order chi connectivity index (χ1) is 15.2. The Morgan fingerprint density at radius 2 is 1.94 bits per heavy atom. The molecule has 0 bridgehead atoms. The van der Waals surface area contributed by atoms with Crippen molar-refractivity contribution in [3.05, 3.63) is 83.8 Å². The van der Waals surface area contributed by atoms with E-state index < -0.39 is 0 Å². The van der Waals surface area contributed by atoms with E-state index in [9.17, 15) is 4.79 Å². The van der Waals surface area contributed by atoms with E-state index in [0.29, 0.717) is 23.8 Å². The number of aromatic nitrogens is 4. The number of pyridine rings is 2. The number of carbonyl (C=O) groups excluding carboxylic acids is 1. The molecule has 3 aromatic heterocycles. The summed E-state index contributed by atoms with van der Waals surface area (Å²) in [5.41, 5.74) is 4.30. The zero-order chi connectivity index (χ0) is 21.2. The Morgan fingerprint density at radius 3 is 2.81 bits per heavy atom. The SMILES string of the molecule is O=C(c1cc(Cl)nc2ccccc12)N1CCCC(c2ncncc2-c2ccncc2)C1. The highest BCUT2D eigenvalue weighted by molar-refractivity contribution is 6.30. The van der Waals surface area contributed by atoms with Crippen molar-refractivity contribution in [2.75, 3.05) is 13.1 Å². The number of piperidine rings is 1. The minimum atomic E-state index is -0.0234. The highest BCUT2D eigenvalue weighted by atomic mass is 35.5. The monoisotopic (exact) mass is 429 g/mol. The van der Waals surface area contributed by atoms with Crippen molar-refractivity contribution in [2.24, 2.45) is 0 Å². The maximum absolute atomic E-state index is 13.5. The zero-order valence-corrected chi connectivity index (χ0v) is 17.5. The summed E-state index contributed by atoms with van der Waals surface area (Å²) >= 11 is 6.22. The van der Waals surface area contributed by atoms with Crippen LogP contribution in [0, 0.1) is 0 Å². The molecule has 7 heteroatoms. The van der Waals surface area contributed by atoms with E-state index in [1.54, 1.807) is 24.8 Å². The Kier molecular flexibility index (Phi) is 5.30. The van der Waals surface area contributed by atoms with E-state index in [0.717, 1.165) is 40.6 Å². The quantitative estimate of drug-likeness (QED) is 0.439. The van der Waals surface area contributed by atoms with Gasteiger partial charge in [-0.3, -0.25) is 9.78 Å². The van der Waals surface area contributed by atoms with Gasteiger partial charge in [-0.25, -0.2) is 15.0 Å². The van der Waals surface area contributed by atoms with Crippen LogP contribution in [0.2, 0.25) is 5.15 Å². The average molecular weight is 430 g/mol. The van der Waals surface area contributed by atoms with Crippen molar-refractivity contribution in [2.45, 2.75) is 18.8 Å². The second-order valence-corrected chi connectivity index (χ2v) is 8.04. The Hall–Kier alpha value is -3.38. The Morgan fingerprint density at radius 1 is 1.10 bits per heavy atom. The molecule has 154 valence electrons. The van der Waals surface area contributed by atoms with Crippen LogP contribution < -0.4 is 0 Å². The fraction of sp³-hybridized carbons (Fsp3) is 0.208. The van der Waals surface area contributed by atoms with Gasteiger partial charge in [0, 0.05) is 48.5 Å².